The van der Waals surface area contributed by atoms with Crippen molar-refractivity contribution in [3.05, 3.63) is 69.3 Å². The molecule has 5 rings (SSSR count). The van der Waals surface area contributed by atoms with Crippen molar-refractivity contribution in [3.8, 4) is 0 Å². The topological polar surface area (TPSA) is 172 Å². The number of allylic oxidation sites excluding steroid dienone is 3. The van der Waals surface area contributed by atoms with E-state index in [1.54, 1.807) is 13.8 Å². The zero-order chi connectivity index (χ0) is 32.0. The molecule has 3 aromatic rings. The molecule has 10 nitrogen and oxygen atoms in total. The van der Waals surface area contributed by atoms with E-state index in [2.05, 4.69) is 9.97 Å². The maximum absolute atomic E-state index is 11.6. The van der Waals surface area contributed by atoms with Gasteiger partial charge >= 0.3 is 11.9 Å². The van der Waals surface area contributed by atoms with Crippen LogP contribution in [0.5, 0.6) is 0 Å². The Balaban J connectivity index is 0.00000461. The van der Waals surface area contributed by atoms with E-state index in [0.29, 0.717) is 44.9 Å². The number of hydrogen-bond donors (Lipinski definition) is 6. The smallest absolute Gasteiger partial charge is 0.303 e. The van der Waals surface area contributed by atoms with Crippen molar-refractivity contribution < 1.29 is 48.6 Å². The summed E-state index contributed by atoms with van der Waals surface area (Å²) in [4.78, 5) is 39.8. The molecule has 45 heavy (non-hydrogen) atoms. The molecule has 2 aliphatic rings. The van der Waals surface area contributed by atoms with Crippen molar-refractivity contribution in [2.24, 2.45) is 0 Å². The SMILES string of the molecule is CC1=C(CCC(=O)O)c2cc3[nH]c(cc4nc(cc5[nH]c(cc1n2)c(C(C)O)c5C)C(C(C)O)=C4C)c(C)c3CCC(=O)O.[V]. The van der Waals surface area contributed by atoms with Crippen molar-refractivity contribution in [2.75, 3.05) is 0 Å². The minimum Gasteiger partial charge on any atom is -0.481 e. The first-order valence-corrected chi connectivity index (χ1v) is 14.7. The van der Waals surface area contributed by atoms with Gasteiger partial charge in [-0.1, -0.05) is 0 Å². The van der Waals surface area contributed by atoms with E-state index >= 15 is 0 Å². The summed E-state index contributed by atoms with van der Waals surface area (Å²) >= 11 is 0. The molecule has 2 aliphatic heterocycles. The van der Waals surface area contributed by atoms with E-state index in [-0.39, 0.29) is 44.2 Å². The van der Waals surface area contributed by atoms with Gasteiger partial charge in [-0.05, 0) is 112 Å². The monoisotopic (exact) mass is 649 g/mol. The van der Waals surface area contributed by atoms with E-state index < -0.39 is 24.1 Å². The second-order valence-corrected chi connectivity index (χ2v) is 11.7. The van der Waals surface area contributed by atoms with Gasteiger partial charge in [-0.25, -0.2) is 9.97 Å². The molecule has 0 amide bonds. The Morgan fingerprint density at radius 3 is 1.82 bits per heavy atom. The summed E-state index contributed by atoms with van der Waals surface area (Å²) < 4.78 is 0. The molecule has 0 saturated carbocycles. The average Bonchev–Trinajstić information content (AvgIpc) is 3.59. The molecule has 5 heterocycles. The predicted molar refractivity (Wildman–Crippen MR) is 171 cm³/mol. The Bertz CT molecular complexity index is 1930. The number of aliphatic carboxylic acids is 2. The van der Waals surface area contributed by atoms with E-state index in [9.17, 15) is 30.0 Å². The third kappa shape index (κ3) is 6.55. The minimum absolute atomic E-state index is 0. The molecule has 1 radical (unpaired) electrons. The number of aromatic nitrogens is 4. The normalized spacial score (nSPS) is 14.4. The number of aliphatic hydroxyl groups excluding tert-OH is 2. The zero-order valence-electron chi connectivity index (χ0n) is 26.2. The number of aromatic amines is 2. The molecular formula is C34H38N4O6V. The number of hydrogen-bond acceptors (Lipinski definition) is 6. The van der Waals surface area contributed by atoms with E-state index in [1.165, 1.54) is 0 Å². The molecule has 235 valence electrons. The predicted octanol–water partition coefficient (Wildman–Crippen LogP) is 6.11. The number of carboxylic acid groups (broad SMARTS) is 2. The van der Waals surface area contributed by atoms with Crippen LogP contribution < -0.4 is 0 Å². The fourth-order valence-corrected chi connectivity index (χ4v) is 6.31. The van der Waals surface area contributed by atoms with Crippen LogP contribution in [0, 0.1) is 13.8 Å². The maximum atomic E-state index is 11.6. The number of nitrogens with one attached hydrogen (secondary N) is 2. The number of H-pyrrole nitrogens is 2. The molecule has 0 aromatic carbocycles. The summed E-state index contributed by atoms with van der Waals surface area (Å²) in [6.07, 6.45) is -1.16. The second kappa shape index (κ2) is 13.2. The zero-order valence-corrected chi connectivity index (χ0v) is 27.6. The molecule has 2 unspecified atom stereocenters. The number of fused-ring (bicyclic) bond motifs is 8. The van der Waals surface area contributed by atoms with Gasteiger partial charge in [0.15, 0.2) is 0 Å². The van der Waals surface area contributed by atoms with E-state index in [0.717, 1.165) is 44.4 Å². The van der Waals surface area contributed by atoms with Crippen LogP contribution >= 0.6 is 0 Å². The third-order valence-corrected chi connectivity index (χ3v) is 8.65. The van der Waals surface area contributed by atoms with E-state index in [1.807, 2.05) is 52.0 Å². The largest absolute Gasteiger partial charge is 0.481 e. The van der Waals surface area contributed by atoms with Gasteiger partial charge in [-0.2, -0.15) is 0 Å². The summed E-state index contributed by atoms with van der Waals surface area (Å²) in [5.41, 5.74) is 11.7. The average molecular weight is 650 g/mol. The van der Waals surface area contributed by atoms with Crippen LogP contribution in [0.25, 0.3) is 44.4 Å². The summed E-state index contributed by atoms with van der Waals surface area (Å²) in [6, 6.07) is 7.51. The van der Waals surface area contributed by atoms with Gasteiger partial charge in [0.25, 0.3) is 0 Å². The van der Waals surface area contributed by atoms with Gasteiger partial charge in [-0.3, -0.25) is 9.59 Å². The Labute approximate surface area is 272 Å². The fourth-order valence-electron chi connectivity index (χ4n) is 6.31. The van der Waals surface area contributed by atoms with Crippen molar-refractivity contribution in [1.82, 2.24) is 19.9 Å². The fraction of sp³-hybridized carbons (Fsp3) is 0.353. The molecule has 0 fully saturated rings. The maximum Gasteiger partial charge on any atom is 0.303 e. The summed E-state index contributed by atoms with van der Waals surface area (Å²) in [6.45, 7) is 11.1. The van der Waals surface area contributed by atoms with Gasteiger partial charge in [0.05, 0.1) is 35.0 Å². The molecule has 0 aliphatic carbocycles. The molecule has 2 atom stereocenters. The standard InChI is InChI=1S/C34H38N4O6.V/c1-15-21(7-9-31(41)42)27-14-28-22(8-10-32(43)44)16(2)24(36-28)12-29-34(20(6)40)18(4)26(38-29)13-30-33(19(5)39)17(3)25(37-30)11-23(15)35-27;/h11-14,19-20,35,38-40H,7-10H2,1-6H3,(H,41,42)(H,43,44);. The van der Waals surface area contributed by atoms with Crippen LogP contribution in [0.15, 0.2) is 24.3 Å². The Morgan fingerprint density at radius 1 is 0.689 bits per heavy atom. The second-order valence-electron chi connectivity index (χ2n) is 11.7. The summed E-state index contributed by atoms with van der Waals surface area (Å²) in [5.74, 6) is -1.83. The number of aryl methyl sites for hydroxylation is 3. The van der Waals surface area contributed by atoms with Gasteiger partial charge in [0, 0.05) is 64.6 Å². The first-order valence-electron chi connectivity index (χ1n) is 14.7. The Morgan fingerprint density at radius 2 is 1.20 bits per heavy atom. The van der Waals surface area contributed by atoms with Gasteiger partial charge in [0.1, 0.15) is 0 Å². The first-order chi connectivity index (χ1) is 20.8. The number of nitrogens with zero attached hydrogens (tertiary/aromatic N) is 2. The number of carboxylic acids is 2. The first kappa shape index (κ1) is 33.9. The minimum atomic E-state index is -0.917. The van der Waals surface area contributed by atoms with Crippen LogP contribution in [-0.2, 0) is 34.6 Å². The third-order valence-electron chi connectivity index (χ3n) is 8.65. The molecule has 0 saturated heterocycles. The number of aliphatic hydroxyl groups is 2. The van der Waals surface area contributed by atoms with Crippen molar-refractivity contribution in [2.45, 2.75) is 79.4 Å². The molecule has 11 heteroatoms. The van der Waals surface area contributed by atoms with E-state index in [4.69, 9.17) is 9.97 Å². The van der Waals surface area contributed by atoms with Crippen LogP contribution in [0.4, 0.5) is 0 Å². The Kier molecular flexibility index (Phi) is 9.94. The molecule has 0 spiro atoms. The van der Waals surface area contributed by atoms with Gasteiger partial charge in [0.2, 0.25) is 0 Å². The Hall–Kier alpha value is -3.96. The van der Waals surface area contributed by atoms with Crippen LogP contribution in [0.3, 0.4) is 0 Å². The number of rotatable bonds is 8. The van der Waals surface area contributed by atoms with Crippen molar-refractivity contribution >= 4 is 56.3 Å². The molecule has 3 aromatic heterocycles. The molecular weight excluding hydrogens is 611 g/mol. The molecule has 6 N–H and O–H groups in total. The van der Waals surface area contributed by atoms with Crippen molar-refractivity contribution in [3.63, 3.8) is 0 Å². The van der Waals surface area contributed by atoms with Gasteiger partial charge in [-0.15, -0.1) is 0 Å². The number of carbonyl (C=O) groups is 2. The van der Waals surface area contributed by atoms with Crippen molar-refractivity contribution in [1.29, 1.82) is 0 Å². The molecule has 8 bridgehead atoms. The summed E-state index contributed by atoms with van der Waals surface area (Å²) in [7, 11) is 0. The quantitative estimate of drug-likeness (QED) is 0.170. The summed E-state index contributed by atoms with van der Waals surface area (Å²) in [5, 5.41) is 40.5. The van der Waals surface area contributed by atoms with Crippen LogP contribution in [0.2, 0.25) is 0 Å². The van der Waals surface area contributed by atoms with Crippen LogP contribution in [-0.4, -0.2) is 58.4 Å². The van der Waals surface area contributed by atoms with Gasteiger partial charge < -0.3 is 30.4 Å². The van der Waals surface area contributed by atoms with Crippen LogP contribution in [0.1, 0.15) is 98.1 Å².